The molecule has 2 amide bonds. The molecule has 0 saturated carbocycles. The van der Waals surface area contributed by atoms with Gasteiger partial charge in [-0.3, -0.25) is 0 Å². The van der Waals surface area contributed by atoms with Crippen LogP contribution in [0.5, 0.6) is 0 Å². The van der Waals surface area contributed by atoms with Crippen molar-refractivity contribution in [2.24, 2.45) is 0 Å². The van der Waals surface area contributed by atoms with Crippen molar-refractivity contribution in [1.82, 2.24) is 20.0 Å². The molecule has 128 valence electrons. The minimum absolute atomic E-state index is 0.357. The highest BCUT2D eigenvalue weighted by Gasteiger charge is 2.42. The Labute approximate surface area is 134 Å². The summed E-state index contributed by atoms with van der Waals surface area (Å²) in [7, 11) is 2.29. The topological polar surface area (TPSA) is 65.6 Å². The van der Waals surface area contributed by atoms with Crippen LogP contribution in [0.15, 0.2) is 0 Å². The number of amides is 2. The number of hydrogen-bond acceptors (Lipinski definition) is 6. The van der Waals surface area contributed by atoms with Gasteiger partial charge in [0.15, 0.2) is 0 Å². The summed E-state index contributed by atoms with van der Waals surface area (Å²) in [6.07, 6.45) is -0.0371. The molecule has 0 aromatic carbocycles. The molecule has 0 aromatic rings. The van der Waals surface area contributed by atoms with Gasteiger partial charge in [-0.1, -0.05) is 0 Å². The average Bonchev–Trinajstić information content (AvgIpc) is 2.30. The molecular weight excluding hydrogens is 320 g/mol. The first-order valence-corrected chi connectivity index (χ1v) is 13.4. The first kappa shape index (κ1) is 18.9. The van der Waals surface area contributed by atoms with E-state index in [1.807, 2.05) is 26.2 Å². The van der Waals surface area contributed by atoms with Crippen molar-refractivity contribution in [2.75, 3.05) is 40.5 Å². The third kappa shape index (κ3) is 4.97. The van der Waals surface area contributed by atoms with E-state index in [1.54, 1.807) is 38.2 Å². The van der Waals surface area contributed by atoms with Gasteiger partial charge in [0, 0.05) is 28.2 Å². The van der Waals surface area contributed by atoms with E-state index in [9.17, 15) is 9.59 Å². The quantitative estimate of drug-likeness (QED) is 0.701. The molecule has 22 heavy (non-hydrogen) atoms. The van der Waals surface area contributed by atoms with Crippen molar-refractivity contribution in [3.8, 4) is 0 Å². The van der Waals surface area contributed by atoms with Crippen LogP contribution in [0, 0.1) is 0 Å². The molecule has 0 bridgehead atoms. The molecule has 0 unspecified atom stereocenters. The lowest BCUT2D eigenvalue weighted by atomic mass is 10.9. The van der Waals surface area contributed by atoms with Crippen LogP contribution in [0.4, 0.5) is 9.59 Å². The zero-order chi connectivity index (χ0) is 17.3. The van der Waals surface area contributed by atoms with Gasteiger partial charge in [-0.15, -0.1) is 0 Å². The lowest BCUT2D eigenvalue weighted by Crippen LogP contribution is -2.61. The summed E-state index contributed by atoms with van der Waals surface area (Å²) in [4.78, 5) is 25.0. The van der Waals surface area contributed by atoms with Gasteiger partial charge in [0.1, 0.15) is 0 Å². The first-order chi connectivity index (χ1) is 9.84. The van der Waals surface area contributed by atoms with Crippen molar-refractivity contribution in [2.45, 2.75) is 26.2 Å². The Kier molecular flexibility index (Phi) is 5.65. The van der Waals surface area contributed by atoms with E-state index in [-0.39, 0.29) is 12.2 Å². The molecule has 1 aliphatic heterocycles. The van der Waals surface area contributed by atoms with Gasteiger partial charge < -0.3 is 8.85 Å². The van der Waals surface area contributed by atoms with Crippen LogP contribution < -0.4 is 0 Å². The summed E-state index contributed by atoms with van der Waals surface area (Å²) >= 11 is 0. The van der Waals surface area contributed by atoms with Crippen LogP contribution in [-0.2, 0) is 8.85 Å². The monoisotopic (exact) mass is 348 g/mol. The molecule has 0 aliphatic carbocycles. The number of hydrazine groups is 2. The van der Waals surface area contributed by atoms with E-state index in [1.165, 1.54) is 10.0 Å². The molecule has 1 aliphatic rings. The Morgan fingerprint density at radius 2 is 1.05 bits per heavy atom. The number of hydrogen-bond donors (Lipinski definition) is 0. The molecule has 8 nitrogen and oxygen atoms in total. The largest absolute Gasteiger partial charge is 0.501 e. The molecule has 1 saturated heterocycles. The number of nitrogens with zero attached hydrogens (tertiary/aromatic N) is 4. The van der Waals surface area contributed by atoms with E-state index >= 15 is 0 Å². The third-order valence-electron chi connectivity index (χ3n) is 3.18. The fraction of sp³-hybridized carbons (Fsp3) is 0.833. The second-order valence-electron chi connectivity index (χ2n) is 7.07. The van der Waals surface area contributed by atoms with Crippen molar-refractivity contribution < 1.29 is 18.4 Å². The van der Waals surface area contributed by atoms with Crippen molar-refractivity contribution in [3.63, 3.8) is 0 Å². The summed E-state index contributed by atoms with van der Waals surface area (Å²) in [5, 5.41) is 6.39. The lowest BCUT2D eigenvalue weighted by Gasteiger charge is -2.41. The minimum Gasteiger partial charge on any atom is -0.501 e. The van der Waals surface area contributed by atoms with E-state index in [0.29, 0.717) is 12.3 Å². The third-order valence-corrected chi connectivity index (χ3v) is 6.75. The van der Waals surface area contributed by atoms with E-state index in [4.69, 9.17) is 8.85 Å². The normalized spacial score (nSPS) is 22.6. The molecular formula is C12H28N4O4Si2. The maximum Gasteiger partial charge on any atom is 0.410 e. The molecule has 0 N–H and O–H groups in total. The van der Waals surface area contributed by atoms with Gasteiger partial charge in [0.05, 0.1) is 12.3 Å². The Morgan fingerprint density at radius 3 is 1.27 bits per heavy atom. The molecule has 1 fully saturated rings. The molecule has 0 radical (unpaired) electrons. The highest BCUT2D eigenvalue weighted by molar-refractivity contribution is 6.74. The highest BCUT2D eigenvalue weighted by atomic mass is 28.4. The number of carbonyl (C=O) groups excluding carboxylic acids is 2. The van der Waals surface area contributed by atoms with Crippen LogP contribution in [0.3, 0.4) is 0 Å². The Hall–Kier alpha value is -1.11. The average molecular weight is 349 g/mol. The van der Waals surface area contributed by atoms with Gasteiger partial charge in [0.2, 0.25) is 0 Å². The second kappa shape index (κ2) is 6.56. The van der Waals surface area contributed by atoms with Crippen molar-refractivity contribution >= 4 is 28.8 Å². The molecule has 1 rings (SSSR count). The molecule has 0 atom stereocenters. The molecule has 0 spiro atoms. The Bertz CT molecular complexity index is 403. The van der Waals surface area contributed by atoms with Crippen molar-refractivity contribution in [3.05, 3.63) is 0 Å². The van der Waals surface area contributed by atoms with Crippen LogP contribution in [0.25, 0.3) is 0 Å². The van der Waals surface area contributed by atoms with Crippen LogP contribution in [-0.4, -0.2) is 89.4 Å². The standard InChI is InChI=1S/C12H28N4O4Si2/c1-13(2)15-9-21(5,6)20-12(18)16(14(3)4)10-22(7,8)19-11(15)17/h9-10H2,1-8H3. The predicted molar refractivity (Wildman–Crippen MR) is 88.7 cm³/mol. The number of carbonyl (C=O) groups is 2. The van der Waals surface area contributed by atoms with Crippen LogP contribution >= 0.6 is 0 Å². The fourth-order valence-electron chi connectivity index (χ4n) is 2.10. The second-order valence-corrected chi connectivity index (χ2v) is 15.1. The van der Waals surface area contributed by atoms with E-state index in [0.717, 1.165) is 0 Å². The Morgan fingerprint density at radius 1 is 0.773 bits per heavy atom. The SMILES string of the molecule is CN(C)N1C[Si](C)(C)OC(=O)N(N(C)C)C[Si](C)(C)OC1=O. The zero-order valence-corrected chi connectivity index (χ0v) is 16.8. The maximum absolute atomic E-state index is 12.5. The Balaban J connectivity index is 3.16. The van der Waals surface area contributed by atoms with Gasteiger partial charge in [-0.2, -0.15) is 0 Å². The highest BCUT2D eigenvalue weighted by Crippen LogP contribution is 2.18. The van der Waals surface area contributed by atoms with Crippen molar-refractivity contribution in [1.29, 1.82) is 0 Å². The van der Waals surface area contributed by atoms with Gasteiger partial charge in [-0.05, 0) is 26.2 Å². The zero-order valence-electron chi connectivity index (χ0n) is 14.8. The summed E-state index contributed by atoms with van der Waals surface area (Å²) in [6.45, 7) is 7.64. The summed E-state index contributed by atoms with van der Waals surface area (Å²) < 4.78 is 11.5. The minimum atomic E-state index is -2.41. The summed E-state index contributed by atoms with van der Waals surface area (Å²) in [5.41, 5.74) is 0. The smallest absolute Gasteiger partial charge is 0.410 e. The maximum atomic E-state index is 12.5. The number of rotatable bonds is 2. The van der Waals surface area contributed by atoms with Gasteiger partial charge >= 0.3 is 12.2 Å². The summed E-state index contributed by atoms with van der Waals surface area (Å²) in [6, 6.07) is 0. The van der Waals surface area contributed by atoms with E-state index in [2.05, 4.69) is 0 Å². The molecule has 0 aromatic heterocycles. The van der Waals surface area contributed by atoms with Crippen LogP contribution in [0.1, 0.15) is 0 Å². The van der Waals surface area contributed by atoms with Crippen LogP contribution in [0.2, 0.25) is 26.2 Å². The summed E-state index contributed by atoms with van der Waals surface area (Å²) in [5.74, 6) is 0. The molecule has 1 heterocycles. The van der Waals surface area contributed by atoms with Gasteiger partial charge in [0.25, 0.3) is 16.6 Å². The molecule has 10 heteroatoms. The van der Waals surface area contributed by atoms with E-state index < -0.39 is 16.6 Å². The predicted octanol–water partition coefficient (Wildman–Crippen LogP) is 1.32. The lowest BCUT2D eigenvalue weighted by molar-refractivity contribution is 0.0235. The fourth-order valence-corrected chi connectivity index (χ4v) is 5.65. The van der Waals surface area contributed by atoms with Gasteiger partial charge in [-0.25, -0.2) is 29.6 Å². The first-order valence-electron chi connectivity index (χ1n) is 7.20.